The Morgan fingerprint density at radius 2 is 1.72 bits per heavy atom. The number of rotatable bonds is 6. The minimum Gasteiger partial charge on any atom is -0.488 e. The first kappa shape index (κ1) is 14.9. The SMILES string of the molecule is CC(C)CCOc1c(F)cc(CC(C)N)cc1F. The van der Waals surface area contributed by atoms with Crippen molar-refractivity contribution < 1.29 is 13.5 Å². The van der Waals surface area contributed by atoms with Gasteiger partial charge in [0.15, 0.2) is 17.4 Å². The average Bonchev–Trinajstić information content (AvgIpc) is 2.20. The fourth-order valence-corrected chi connectivity index (χ4v) is 1.64. The van der Waals surface area contributed by atoms with Gasteiger partial charge in [-0.05, 0) is 43.4 Å². The maximum Gasteiger partial charge on any atom is 0.190 e. The summed E-state index contributed by atoms with van der Waals surface area (Å²) in [4.78, 5) is 0. The number of benzene rings is 1. The molecule has 0 saturated heterocycles. The van der Waals surface area contributed by atoms with Gasteiger partial charge in [-0.2, -0.15) is 0 Å². The van der Waals surface area contributed by atoms with Crippen LogP contribution in [-0.2, 0) is 6.42 Å². The van der Waals surface area contributed by atoms with Gasteiger partial charge in [0.25, 0.3) is 0 Å². The lowest BCUT2D eigenvalue weighted by molar-refractivity contribution is 0.263. The van der Waals surface area contributed by atoms with E-state index in [-0.39, 0.29) is 11.8 Å². The standard InChI is InChI=1S/C14H21F2NO/c1-9(2)4-5-18-14-12(15)7-11(6-10(3)17)8-13(14)16/h7-10H,4-6,17H2,1-3H3. The second-order valence-electron chi connectivity index (χ2n) is 5.10. The maximum atomic E-state index is 13.7. The lowest BCUT2D eigenvalue weighted by Gasteiger charge is -2.12. The highest BCUT2D eigenvalue weighted by Crippen LogP contribution is 2.24. The van der Waals surface area contributed by atoms with Gasteiger partial charge >= 0.3 is 0 Å². The first-order valence-electron chi connectivity index (χ1n) is 6.26. The van der Waals surface area contributed by atoms with Crippen LogP contribution in [0.25, 0.3) is 0 Å². The van der Waals surface area contributed by atoms with Gasteiger partial charge < -0.3 is 10.5 Å². The monoisotopic (exact) mass is 257 g/mol. The molecule has 2 nitrogen and oxygen atoms in total. The van der Waals surface area contributed by atoms with Crippen molar-refractivity contribution in [2.45, 2.75) is 39.7 Å². The summed E-state index contributed by atoms with van der Waals surface area (Å²) in [7, 11) is 0. The molecular weight excluding hydrogens is 236 g/mol. The van der Waals surface area contributed by atoms with Crippen molar-refractivity contribution in [3.63, 3.8) is 0 Å². The predicted molar refractivity (Wildman–Crippen MR) is 68.7 cm³/mol. The van der Waals surface area contributed by atoms with Gasteiger partial charge in [0.1, 0.15) is 0 Å². The first-order valence-corrected chi connectivity index (χ1v) is 6.26. The van der Waals surface area contributed by atoms with Crippen molar-refractivity contribution in [1.82, 2.24) is 0 Å². The number of hydrogen-bond donors (Lipinski definition) is 1. The molecule has 0 bridgehead atoms. The third-order valence-corrected chi connectivity index (χ3v) is 2.56. The molecule has 0 fully saturated rings. The molecule has 0 aliphatic rings. The summed E-state index contributed by atoms with van der Waals surface area (Å²) < 4.78 is 32.5. The average molecular weight is 257 g/mol. The fourth-order valence-electron chi connectivity index (χ4n) is 1.64. The van der Waals surface area contributed by atoms with Crippen LogP contribution in [0.1, 0.15) is 32.8 Å². The highest BCUT2D eigenvalue weighted by atomic mass is 19.1. The minimum absolute atomic E-state index is 0.128. The van der Waals surface area contributed by atoms with E-state index in [1.807, 2.05) is 13.8 Å². The quantitative estimate of drug-likeness (QED) is 0.848. The highest BCUT2D eigenvalue weighted by molar-refractivity contribution is 5.31. The molecule has 0 spiro atoms. The molecule has 18 heavy (non-hydrogen) atoms. The summed E-state index contributed by atoms with van der Waals surface area (Å²) in [6, 6.07) is 2.45. The molecule has 1 unspecified atom stereocenters. The molecule has 0 aliphatic heterocycles. The van der Waals surface area contributed by atoms with Crippen molar-refractivity contribution in [3.8, 4) is 5.75 Å². The van der Waals surface area contributed by atoms with Gasteiger partial charge in [-0.25, -0.2) is 8.78 Å². The van der Waals surface area contributed by atoms with E-state index in [2.05, 4.69) is 0 Å². The van der Waals surface area contributed by atoms with Gasteiger partial charge in [0.05, 0.1) is 6.61 Å². The van der Waals surface area contributed by atoms with Crippen LogP contribution >= 0.6 is 0 Å². The molecular formula is C14H21F2NO. The van der Waals surface area contributed by atoms with Crippen molar-refractivity contribution in [2.24, 2.45) is 11.7 Å². The molecule has 0 amide bonds. The third-order valence-electron chi connectivity index (χ3n) is 2.56. The summed E-state index contributed by atoms with van der Waals surface area (Å²) in [6.45, 7) is 6.17. The van der Waals surface area contributed by atoms with Crippen LogP contribution in [0, 0.1) is 17.6 Å². The first-order chi connectivity index (χ1) is 8.40. The Hall–Kier alpha value is -1.16. The van der Waals surface area contributed by atoms with Crippen LogP contribution in [0.5, 0.6) is 5.75 Å². The highest BCUT2D eigenvalue weighted by Gasteiger charge is 2.13. The lowest BCUT2D eigenvalue weighted by atomic mass is 10.1. The second-order valence-corrected chi connectivity index (χ2v) is 5.10. The van der Waals surface area contributed by atoms with Gasteiger partial charge in [0, 0.05) is 6.04 Å². The Bertz CT molecular complexity index is 368. The fraction of sp³-hybridized carbons (Fsp3) is 0.571. The Balaban J connectivity index is 2.74. The van der Waals surface area contributed by atoms with Gasteiger partial charge in [-0.1, -0.05) is 13.8 Å². The zero-order valence-electron chi connectivity index (χ0n) is 11.2. The van der Waals surface area contributed by atoms with Crippen molar-refractivity contribution >= 4 is 0 Å². The van der Waals surface area contributed by atoms with Crippen LogP contribution in [-0.4, -0.2) is 12.6 Å². The van der Waals surface area contributed by atoms with E-state index in [0.717, 1.165) is 6.42 Å². The van der Waals surface area contributed by atoms with Crippen molar-refractivity contribution in [2.75, 3.05) is 6.61 Å². The van der Waals surface area contributed by atoms with E-state index in [4.69, 9.17) is 10.5 Å². The maximum absolute atomic E-state index is 13.7. The van der Waals surface area contributed by atoms with E-state index >= 15 is 0 Å². The Labute approximate surface area is 107 Å². The lowest BCUT2D eigenvalue weighted by Crippen LogP contribution is -2.18. The van der Waals surface area contributed by atoms with Crippen molar-refractivity contribution in [3.05, 3.63) is 29.3 Å². The Kier molecular flexibility index (Phi) is 5.54. The molecule has 1 aromatic carbocycles. The molecule has 1 atom stereocenters. The molecule has 4 heteroatoms. The zero-order valence-corrected chi connectivity index (χ0v) is 11.2. The molecule has 0 aromatic heterocycles. The third kappa shape index (κ3) is 4.61. The summed E-state index contributed by atoms with van der Waals surface area (Å²) in [5, 5.41) is 0. The van der Waals surface area contributed by atoms with Gasteiger partial charge in [-0.15, -0.1) is 0 Å². The number of ether oxygens (including phenoxy) is 1. The van der Waals surface area contributed by atoms with Gasteiger partial charge in [0.2, 0.25) is 0 Å². The second kappa shape index (κ2) is 6.69. The van der Waals surface area contributed by atoms with Crippen molar-refractivity contribution in [1.29, 1.82) is 0 Å². The molecule has 0 saturated carbocycles. The largest absolute Gasteiger partial charge is 0.488 e. The summed E-state index contributed by atoms with van der Waals surface area (Å²) in [5.41, 5.74) is 6.15. The summed E-state index contributed by atoms with van der Waals surface area (Å²) >= 11 is 0. The molecule has 1 rings (SSSR count). The minimum atomic E-state index is -0.658. The van der Waals surface area contributed by atoms with Crippen LogP contribution in [0.2, 0.25) is 0 Å². The number of hydrogen-bond acceptors (Lipinski definition) is 2. The molecule has 102 valence electrons. The number of halogens is 2. The molecule has 0 radical (unpaired) electrons. The normalized spacial score (nSPS) is 12.8. The van der Waals surface area contributed by atoms with E-state index in [0.29, 0.717) is 24.5 Å². The van der Waals surface area contributed by atoms with E-state index in [1.54, 1.807) is 6.92 Å². The van der Waals surface area contributed by atoms with Crippen LogP contribution in [0.4, 0.5) is 8.78 Å². The molecule has 1 aromatic rings. The van der Waals surface area contributed by atoms with Crippen LogP contribution < -0.4 is 10.5 Å². The molecule has 2 N–H and O–H groups in total. The van der Waals surface area contributed by atoms with E-state index < -0.39 is 11.6 Å². The number of nitrogens with two attached hydrogens (primary N) is 1. The van der Waals surface area contributed by atoms with E-state index in [9.17, 15) is 8.78 Å². The molecule has 0 aliphatic carbocycles. The summed E-state index contributed by atoms with van der Waals surface area (Å²) in [5.74, 6) is -1.17. The smallest absolute Gasteiger partial charge is 0.190 e. The Morgan fingerprint density at radius 1 is 1.17 bits per heavy atom. The Morgan fingerprint density at radius 3 is 2.17 bits per heavy atom. The predicted octanol–water partition coefficient (Wildman–Crippen LogP) is 3.28. The van der Waals surface area contributed by atoms with E-state index in [1.165, 1.54) is 12.1 Å². The van der Waals surface area contributed by atoms with Gasteiger partial charge in [-0.3, -0.25) is 0 Å². The topological polar surface area (TPSA) is 35.2 Å². The zero-order chi connectivity index (χ0) is 13.7. The molecule has 0 heterocycles. The van der Waals surface area contributed by atoms with Crippen LogP contribution in [0.15, 0.2) is 12.1 Å². The van der Waals surface area contributed by atoms with Crippen LogP contribution in [0.3, 0.4) is 0 Å². The summed E-state index contributed by atoms with van der Waals surface area (Å²) in [6.07, 6.45) is 1.21.